The highest BCUT2D eigenvalue weighted by Crippen LogP contribution is 2.20. The molecule has 6 nitrogen and oxygen atoms in total. The number of benzene rings is 2. The van der Waals surface area contributed by atoms with Gasteiger partial charge in [0.2, 0.25) is 0 Å². The normalized spacial score (nSPS) is 14.0. The fourth-order valence-corrected chi connectivity index (χ4v) is 3.34. The molecule has 0 aliphatic carbocycles. The van der Waals surface area contributed by atoms with E-state index in [4.69, 9.17) is 4.74 Å². The number of hydrogen-bond acceptors (Lipinski definition) is 4. The molecule has 0 unspecified atom stereocenters. The van der Waals surface area contributed by atoms with E-state index in [1.54, 1.807) is 12.0 Å². The first-order chi connectivity index (χ1) is 13.0. The zero-order chi connectivity index (χ0) is 19.4. The summed E-state index contributed by atoms with van der Waals surface area (Å²) in [7, 11) is 1.64. The minimum Gasteiger partial charge on any atom is -0.497 e. The van der Waals surface area contributed by atoms with E-state index >= 15 is 0 Å². The summed E-state index contributed by atoms with van der Waals surface area (Å²) < 4.78 is 5.18. The molecule has 3 rings (SSSR count). The van der Waals surface area contributed by atoms with E-state index in [0.29, 0.717) is 31.9 Å². The zero-order valence-corrected chi connectivity index (χ0v) is 16.0. The van der Waals surface area contributed by atoms with E-state index < -0.39 is 11.8 Å². The van der Waals surface area contributed by atoms with Crippen LogP contribution in [0.25, 0.3) is 0 Å². The van der Waals surface area contributed by atoms with Crippen LogP contribution in [0.2, 0.25) is 0 Å². The van der Waals surface area contributed by atoms with Crippen molar-refractivity contribution >= 4 is 23.2 Å². The number of nitrogens with one attached hydrogen (secondary N) is 1. The maximum absolute atomic E-state index is 12.5. The molecule has 1 aliphatic heterocycles. The van der Waals surface area contributed by atoms with Crippen LogP contribution in [0.1, 0.15) is 11.1 Å². The number of ether oxygens (including phenoxy) is 1. The van der Waals surface area contributed by atoms with Crippen molar-refractivity contribution in [1.29, 1.82) is 0 Å². The molecule has 2 aromatic rings. The number of carbonyl (C=O) groups is 2. The van der Waals surface area contributed by atoms with Gasteiger partial charge in [-0.2, -0.15) is 0 Å². The van der Waals surface area contributed by atoms with Gasteiger partial charge in [0.25, 0.3) is 0 Å². The number of amides is 2. The average molecular weight is 367 g/mol. The summed E-state index contributed by atoms with van der Waals surface area (Å²) in [5, 5.41) is 2.72. The van der Waals surface area contributed by atoms with Gasteiger partial charge in [0.15, 0.2) is 0 Å². The van der Waals surface area contributed by atoms with Gasteiger partial charge in [-0.05, 0) is 61.4 Å². The molecule has 2 aromatic carbocycles. The largest absolute Gasteiger partial charge is 0.497 e. The van der Waals surface area contributed by atoms with Crippen molar-refractivity contribution in [3.8, 4) is 5.75 Å². The lowest BCUT2D eigenvalue weighted by Gasteiger charge is -2.35. The number of rotatable bonds is 3. The number of methoxy groups -OCH3 is 1. The predicted octanol–water partition coefficient (Wildman–Crippen LogP) is 2.60. The fraction of sp³-hybridized carbons (Fsp3) is 0.333. The number of anilines is 2. The molecule has 1 fully saturated rings. The quantitative estimate of drug-likeness (QED) is 0.847. The van der Waals surface area contributed by atoms with Gasteiger partial charge in [0.1, 0.15) is 5.75 Å². The first-order valence-corrected chi connectivity index (χ1v) is 9.04. The number of carbonyl (C=O) groups excluding carboxylic acids is 2. The first kappa shape index (κ1) is 18.8. The molecule has 0 saturated carbocycles. The number of nitrogens with zero attached hydrogens (tertiary/aromatic N) is 2. The molecule has 1 saturated heterocycles. The van der Waals surface area contributed by atoms with Crippen molar-refractivity contribution in [1.82, 2.24) is 4.90 Å². The Bertz CT molecular complexity index is 805. The number of hydrogen-bond donors (Lipinski definition) is 1. The van der Waals surface area contributed by atoms with Crippen molar-refractivity contribution in [2.24, 2.45) is 0 Å². The summed E-state index contributed by atoms with van der Waals surface area (Å²) in [6.45, 7) is 6.34. The van der Waals surface area contributed by atoms with E-state index in [2.05, 4.69) is 10.2 Å². The third-order valence-corrected chi connectivity index (χ3v) is 4.68. The second kappa shape index (κ2) is 8.12. The smallest absolute Gasteiger partial charge is 0.313 e. The summed E-state index contributed by atoms with van der Waals surface area (Å²) in [6.07, 6.45) is 0. The summed E-state index contributed by atoms with van der Waals surface area (Å²) in [4.78, 5) is 28.6. The van der Waals surface area contributed by atoms with Gasteiger partial charge < -0.3 is 19.9 Å². The van der Waals surface area contributed by atoms with Crippen LogP contribution < -0.4 is 15.0 Å². The fourth-order valence-electron chi connectivity index (χ4n) is 3.34. The van der Waals surface area contributed by atoms with Gasteiger partial charge in [0.05, 0.1) is 7.11 Å². The van der Waals surface area contributed by atoms with Crippen LogP contribution in [0.15, 0.2) is 42.5 Å². The minimum absolute atomic E-state index is 0.483. The van der Waals surface area contributed by atoms with Crippen molar-refractivity contribution < 1.29 is 14.3 Å². The highest BCUT2D eigenvalue weighted by molar-refractivity contribution is 6.39. The molecule has 27 heavy (non-hydrogen) atoms. The molecule has 1 aliphatic rings. The van der Waals surface area contributed by atoms with Crippen LogP contribution in [0, 0.1) is 13.8 Å². The zero-order valence-electron chi connectivity index (χ0n) is 16.0. The van der Waals surface area contributed by atoms with Gasteiger partial charge in [-0.1, -0.05) is 6.07 Å². The van der Waals surface area contributed by atoms with Crippen LogP contribution >= 0.6 is 0 Å². The van der Waals surface area contributed by atoms with Crippen molar-refractivity contribution in [2.45, 2.75) is 13.8 Å². The molecule has 0 bridgehead atoms. The first-order valence-electron chi connectivity index (χ1n) is 9.04. The van der Waals surface area contributed by atoms with Crippen LogP contribution in [-0.4, -0.2) is 50.0 Å². The molecule has 0 spiro atoms. The van der Waals surface area contributed by atoms with Gasteiger partial charge in [-0.25, -0.2) is 0 Å². The van der Waals surface area contributed by atoms with E-state index in [9.17, 15) is 9.59 Å². The minimum atomic E-state index is -0.585. The molecule has 0 aromatic heterocycles. The lowest BCUT2D eigenvalue weighted by Crippen LogP contribution is -2.51. The van der Waals surface area contributed by atoms with Crippen LogP contribution in [0.5, 0.6) is 5.75 Å². The van der Waals surface area contributed by atoms with Crippen molar-refractivity contribution in [3.63, 3.8) is 0 Å². The summed E-state index contributed by atoms with van der Waals surface area (Å²) in [5.41, 5.74) is 3.84. The van der Waals surface area contributed by atoms with Crippen LogP contribution in [-0.2, 0) is 9.59 Å². The maximum atomic E-state index is 12.5. The molecule has 0 atom stereocenters. The van der Waals surface area contributed by atoms with Crippen molar-refractivity contribution in [2.75, 3.05) is 43.5 Å². The molecule has 142 valence electrons. The standard InChI is InChI=1S/C21H25N3O3/c1-15-12-16(2)14-17(13-15)22-20(25)21(26)24-10-8-23(9-11-24)18-4-6-19(27-3)7-5-18/h4-7,12-14H,8-11H2,1-3H3,(H,22,25). The Morgan fingerprint density at radius 3 is 2.07 bits per heavy atom. The van der Waals surface area contributed by atoms with Gasteiger partial charge in [-0.3, -0.25) is 9.59 Å². The van der Waals surface area contributed by atoms with Crippen molar-refractivity contribution in [3.05, 3.63) is 53.6 Å². The predicted molar refractivity (Wildman–Crippen MR) is 106 cm³/mol. The Labute approximate surface area is 159 Å². The maximum Gasteiger partial charge on any atom is 0.313 e. The lowest BCUT2D eigenvalue weighted by molar-refractivity contribution is -0.143. The second-order valence-electron chi connectivity index (χ2n) is 6.81. The molecular weight excluding hydrogens is 342 g/mol. The molecule has 2 amide bonds. The molecule has 1 heterocycles. The Morgan fingerprint density at radius 2 is 1.52 bits per heavy atom. The second-order valence-corrected chi connectivity index (χ2v) is 6.81. The Kier molecular flexibility index (Phi) is 5.64. The number of aryl methyl sites for hydroxylation is 2. The average Bonchev–Trinajstić information content (AvgIpc) is 2.67. The topological polar surface area (TPSA) is 61.9 Å². The molecular formula is C21H25N3O3. The molecule has 6 heteroatoms. The van der Waals surface area contributed by atoms with Gasteiger partial charge in [0, 0.05) is 37.6 Å². The Morgan fingerprint density at radius 1 is 0.926 bits per heavy atom. The monoisotopic (exact) mass is 367 g/mol. The van der Waals surface area contributed by atoms with E-state index in [1.807, 2.05) is 56.3 Å². The third kappa shape index (κ3) is 4.58. The summed E-state index contributed by atoms with van der Waals surface area (Å²) >= 11 is 0. The Hall–Kier alpha value is -3.02. The summed E-state index contributed by atoms with van der Waals surface area (Å²) in [5.74, 6) is -0.253. The van der Waals surface area contributed by atoms with Crippen LogP contribution in [0.3, 0.4) is 0 Å². The van der Waals surface area contributed by atoms with Gasteiger partial charge >= 0.3 is 11.8 Å². The third-order valence-electron chi connectivity index (χ3n) is 4.68. The summed E-state index contributed by atoms with van der Waals surface area (Å²) in [6, 6.07) is 13.6. The van der Waals surface area contributed by atoms with Crippen LogP contribution in [0.4, 0.5) is 11.4 Å². The Balaban J connectivity index is 1.56. The highest BCUT2D eigenvalue weighted by atomic mass is 16.5. The van der Waals surface area contributed by atoms with E-state index in [-0.39, 0.29) is 0 Å². The lowest BCUT2D eigenvalue weighted by atomic mass is 10.1. The molecule has 1 N–H and O–H groups in total. The SMILES string of the molecule is COc1ccc(N2CCN(C(=O)C(=O)Nc3cc(C)cc(C)c3)CC2)cc1. The van der Waals surface area contributed by atoms with E-state index in [0.717, 1.165) is 22.6 Å². The van der Waals surface area contributed by atoms with Gasteiger partial charge in [-0.15, -0.1) is 0 Å². The molecule has 0 radical (unpaired) electrons. The highest BCUT2D eigenvalue weighted by Gasteiger charge is 2.26. The van der Waals surface area contributed by atoms with E-state index in [1.165, 1.54) is 0 Å². The number of piperazine rings is 1.